The number of methoxy groups -OCH3 is 2. The number of hydrogen-bond donors (Lipinski definition) is 1. The Hall–Kier alpha value is -4.05. The predicted octanol–water partition coefficient (Wildman–Crippen LogP) is 2.86. The summed E-state index contributed by atoms with van der Waals surface area (Å²) in [7, 11) is 5.24. The van der Waals surface area contributed by atoms with Gasteiger partial charge in [-0.15, -0.1) is 0 Å². The van der Waals surface area contributed by atoms with E-state index < -0.39 is 18.1 Å². The van der Waals surface area contributed by atoms with Gasteiger partial charge in [0.15, 0.2) is 29.8 Å². The van der Waals surface area contributed by atoms with Crippen LogP contribution >= 0.6 is 0 Å². The van der Waals surface area contributed by atoms with Crippen molar-refractivity contribution in [3.05, 3.63) is 39.4 Å². The number of rotatable bonds is 7. The van der Waals surface area contributed by atoms with E-state index in [9.17, 15) is 14.9 Å². The van der Waals surface area contributed by atoms with Gasteiger partial charge in [-0.05, 0) is 44.9 Å². The van der Waals surface area contributed by atoms with Crippen molar-refractivity contribution in [2.24, 2.45) is 0 Å². The number of fused-ring (bicyclic) bond motifs is 9. The Labute approximate surface area is 256 Å². The number of likely N-dealkylation sites (N-methyl/N-ethyl adjacent to an activating group) is 1. The number of ether oxygens (including phenoxy) is 6. The minimum Gasteiger partial charge on any atom is -0.493 e. The molecule has 1 N–H and O–H groups in total. The predicted molar refractivity (Wildman–Crippen MR) is 157 cm³/mol. The molecule has 6 rings (SSSR count). The van der Waals surface area contributed by atoms with Crippen molar-refractivity contribution in [3.63, 3.8) is 0 Å². The van der Waals surface area contributed by atoms with Crippen LogP contribution in [0.5, 0.6) is 28.7 Å². The lowest BCUT2D eigenvalue weighted by atomic mass is 9.71. The minimum absolute atomic E-state index is 0.0187. The number of carbonyl (C=O) groups is 2. The SMILES string of the molecule is COCOc1c(OC)c(C)cc2c1C1[C@@H]3Cc4c(OC(C)=O)c(C)c5c(c4[C@H](CNC(C)=O)N3C(C#N)C(C2)N1C)OCO5. The van der Waals surface area contributed by atoms with Gasteiger partial charge in [0, 0.05) is 61.8 Å². The lowest BCUT2D eigenvalue weighted by Gasteiger charge is -2.60. The maximum Gasteiger partial charge on any atom is 0.308 e. The van der Waals surface area contributed by atoms with Crippen LogP contribution in [0, 0.1) is 25.2 Å². The molecule has 44 heavy (non-hydrogen) atoms. The molecule has 0 radical (unpaired) electrons. The maximum absolute atomic E-state index is 12.4. The summed E-state index contributed by atoms with van der Waals surface area (Å²) in [5.74, 6) is 2.09. The average Bonchev–Trinajstić information content (AvgIpc) is 3.47. The number of nitrogens with one attached hydrogen (secondary N) is 1. The van der Waals surface area contributed by atoms with Crippen LogP contribution in [0.2, 0.25) is 0 Å². The zero-order valence-electron chi connectivity index (χ0n) is 26.1. The number of nitrogens with zero attached hydrogens (tertiary/aromatic N) is 3. The van der Waals surface area contributed by atoms with Crippen molar-refractivity contribution in [3.8, 4) is 34.8 Å². The molecule has 0 aromatic heterocycles. The first-order valence-corrected chi connectivity index (χ1v) is 14.7. The Morgan fingerprint density at radius 1 is 1.07 bits per heavy atom. The highest BCUT2D eigenvalue weighted by molar-refractivity contribution is 5.75. The van der Waals surface area contributed by atoms with Crippen molar-refractivity contribution in [2.75, 3.05) is 41.4 Å². The second-order valence-corrected chi connectivity index (χ2v) is 11.8. The van der Waals surface area contributed by atoms with E-state index in [-0.39, 0.29) is 44.2 Å². The third kappa shape index (κ3) is 4.53. The van der Waals surface area contributed by atoms with Gasteiger partial charge in [0.25, 0.3) is 0 Å². The molecule has 2 bridgehead atoms. The standard InChI is InChI=1S/C32H38N4O8/c1-15-8-19-9-21-23(11-33)36-22(27(35(21)5)25(19)31(28(15)40-7)41-13-39-6)10-20-26(24(36)12-34-17(3)37)32-30(42-14-43-32)16(2)29(20)44-18(4)38/h8,21-24,27H,9-10,12-14H2,1-7H3,(H,34,37)/t21?,22-,23?,24-,27?/m0/s1. The van der Waals surface area contributed by atoms with Crippen molar-refractivity contribution < 1.29 is 38.0 Å². The van der Waals surface area contributed by atoms with E-state index in [0.29, 0.717) is 47.2 Å². The molecule has 4 aliphatic heterocycles. The molecule has 2 aromatic rings. The number of hydrogen-bond acceptors (Lipinski definition) is 11. The quantitative estimate of drug-likeness (QED) is 0.284. The summed E-state index contributed by atoms with van der Waals surface area (Å²) < 4.78 is 35.2. The van der Waals surface area contributed by atoms with E-state index in [1.54, 1.807) is 14.2 Å². The fourth-order valence-electron chi connectivity index (χ4n) is 7.79. The molecule has 4 aliphatic rings. The van der Waals surface area contributed by atoms with E-state index in [1.807, 2.05) is 20.9 Å². The summed E-state index contributed by atoms with van der Waals surface area (Å²) in [5, 5.41) is 13.8. The van der Waals surface area contributed by atoms with Crippen molar-refractivity contribution in [2.45, 2.75) is 70.7 Å². The molecule has 3 unspecified atom stereocenters. The number of carbonyl (C=O) groups excluding carboxylic acids is 2. The molecule has 2 aromatic carbocycles. The van der Waals surface area contributed by atoms with Gasteiger partial charge in [0.1, 0.15) is 11.8 Å². The molecule has 12 nitrogen and oxygen atoms in total. The van der Waals surface area contributed by atoms with Gasteiger partial charge in [-0.25, -0.2) is 0 Å². The molecule has 0 aliphatic carbocycles. The van der Waals surface area contributed by atoms with Gasteiger partial charge < -0.3 is 33.7 Å². The number of piperazine rings is 1. The van der Waals surface area contributed by atoms with Crippen LogP contribution in [0.15, 0.2) is 6.07 Å². The lowest BCUT2D eigenvalue weighted by molar-refractivity contribution is -0.132. The third-order valence-corrected chi connectivity index (χ3v) is 9.36. The van der Waals surface area contributed by atoms with Crippen LogP contribution in [-0.2, 0) is 27.2 Å². The third-order valence-electron chi connectivity index (χ3n) is 9.36. The summed E-state index contributed by atoms with van der Waals surface area (Å²) in [4.78, 5) is 29.2. The zero-order valence-corrected chi connectivity index (χ0v) is 26.1. The average molecular weight is 607 g/mol. The molecular formula is C32H38N4O8. The topological polar surface area (TPSA) is 132 Å². The van der Waals surface area contributed by atoms with Gasteiger partial charge in [0.2, 0.25) is 12.7 Å². The fraction of sp³-hybridized carbons (Fsp3) is 0.531. The largest absolute Gasteiger partial charge is 0.493 e. The lowest BCUT2D eigenvalue weighted by Crippen LogP contribution is -2.68. The molecule has 0 saturated carbocycles. The minimum atomic E-state index is -0.525. The summed E-state index contributed by atoms with van der Waals surface area (Å²) in [5.41, 5.74) is 5.24. The van der Waals surface area contributed by atoms with E-state index >= 15 is 0 Å². The van der Waals surface area contributed by atoms with Gasteiger partial charge in [0.05, 0.1) is 25.3 Å². The second kappa shape index (κ2) is 11.5. The Bertz CT molecular complexity index is 1570. The van der Waals surface area contributed by atoms with Crippen molar-refractivity contribution in [1.82, 2.24) is 15.1 Å². The normalized spacial score (nSPS) is 24.8. The molecule has 1 fully saturated rings. The molecule has 12 heteroatoms. The molecule has 0 spiro atoms. The van der Waals surface area contributed by atoms with Crippen LogP contribution in [0.25, 0.3) is 0 Å². The van der Waals surface area contributed by atoms with Crippen LogP contribution in [0.3, 0.4) is 0 Å². The van der Waals surface area contributed by atoms with Crippen molar-refractivity contribution in [1.29, 1.82) is 5.26 Å². The van der Waals surface area contributed by atoms with Crippen LogP contribution in [0.1, 0.15) is 59.3 Å². The first kappa shape index (κ1) is 30.0. The number of benzene rings is 2. The number of aryl methyl sites for hydroxylation is 1. The highest BCUT2D eigenvalue weighted by atomic mass is 16.7. The fourth-order valence-corrected chi connectivity index (χ4v) is 7.79. The van der Waals surface area contributed by atoms with Gasteiger partial charge >= 0.3 is 5.97 Å². The number of nitriles is 1. The molecule has 234 valence electrons. The monoisotopic (exact) mass is 606 g/mol. The molecule has 4 heterocycles. The second-order valence-electron chi connectivity index (χ2n) is 11.8. The van der Waals surface area contributed by atoms with Crippen LogP contribution in [-0.4, -0.2) is 81.2 Å². The molecule has 1 saturated heterocycles. The number of esters is 1. The molecule has 5 atom stereocenters. The van der Waals surface area contributed by atoms with Crippen LogP contribution in [0.4, 0.5) is 0 Å². The van der Waals surface area contributed by atoms with E-state index in [0.717, 1.165) is 27.8 Å². The van der Waals surface area contributed by atoms with Gasteiger partial charge in [-0.3, -0.25) is 19.4 Å². The Kier molecular flexibility index (Phi) is 7.82. The molecular weight excluding hydrogens is 568 g/mol. The molecule has 1 amide bonds. The summed E-state index contributed by atoms with van der Waals surface area (Å²) >= 11 is 0. The first-order chi connectivity index (χ1) is 21.1. The zero-order chi connectivity index (χ0) is 31.4. The van der Waals surface area contributed by atoms with E-state index in [4.69, 9.17) is 28.4 Å². The maximum atomic E-state index is 12.4. The summed E-state index contributed by atoms with van der Waals surface area (Å²) in [6.07, 6.45) is 1.05. The van der Waals surface area contributed by atoms with Crippen molar-refractivity contribution >= 4 is 11.9 Å². The van der Waals surface area contributed by atoms with Gasteiger partial charge in [-0.2, -0.15) is 5.26 Å². The summed E-state index contributed by atoms with van der Waals surface area (Å²) in [6, 6.07) is 3.08. The van der Waals surface area contributed by atoms with E-state index in [2.05, 4.69) is 27.3 Å². The Morgan fingerprint density at radius 2 is 1.82 bits per heavy atom. The smallest absolute Gasteiger partial charge is 0.308 e. The Morgan fingerprint density at radius 3 is 2.48 bits per heavy atom. The van der Waals surface area contributed by atoms with Gasteiger partial charge in [-0.1, -0.05) is 6.07 Å². The van der Waals surface area contributed by atoms with Crippen LogP contribution < -0.4 is 29.0 Å². The summed E-state index contributed by atoms with van der Waals surface area (Å²) in [6.45, 7) is 6.95. The highest BCUT2D eigenvalue weighted by Gasteiger charge is 2.57. The van der Waals surface area contributed by atoms with E-state index in [1.165, 1.54) is 13.8 Å². The Balaban J connectivity index is 1.62. The first-order valence-electron chi connectivity index (χ1n) is 14.7. The highest BCUT2D eigenvalue weighted by Crippen LogP contribution is 2.58. The number of amides is 1.